The molecule has 0 aliphatic carbocycles. The van der Waals surface area contributed by atoms with Crippen molar-refractivity contribution in [2.24, 2.45) is 5.92 Å². The first kappa shape index (κ1) is 15.2. The quantitative estimate of drug-likeness (QED) is 0.791. The predicted octanol–water partition coefficient (Wildman–Crippen LogP) is 1.74. The summed E-state index contributed by atoms with van der Waals surface area (Å²) in [6.07, 6.45) is 0. The van der Waals surface area contributed by atoms with Gasteiger partial charge in [0.05, 0.1) is 7.11 Å². The SMILES string of the molecule is CNc1nc(C)nc(NC(C(=O)OC)C(C)C)c1C. The highest BCUT2D eigenvalue weighted by Crippen LogP contribution is 2.21. The number of nitrogens with zero attached hydrogens (tertiary/aromatic N) is 2. The van der Waals surface area contributed by atoms with Crippen molar-refractivity contribution >= 4 is 17.6 Å². The van der Waals surface area contributed by atoms with Crippen LogP contribution in [0.3, 0.4) is 0 Å². The Morgan fingerprint density at radius 1 is 1.21 bits per heavy atom. The zero-order valence-corrected chi connectivity index (χ0v) is 12.4. The van der Waals surface area contributed by atoms with Gasteiger partial charge in [-0.2, -0.15) is 0 Å². The third-order valence-electron chi connectivity index (χ3n) is 2.91. The molecule has 0 fully saturated rings. The zero-order chi connectivity index (χ0) is 14.6. The highest BCUT2D eigenvalue weighted by molar-refractivity contribution is 5.79. The van der Waals surface area contributed by atoms with Gasteiger partial charge < -0.3 is 15.4 Å². The van der Waals surface area contributed by atoms with Crippen LogP contribution in [0.4, 0.5) is 11.6 Å². The largest absolute Gasteiger partial charge is 0.467 e. The molecule has 2 N–H and O–H groups in total. The number of nitrogens with one attached hydrogen (secondary N) is 2. The first-order valence-electron chi connectivity index (χ1n) is 6.28. The number of aryl methyl sites for hydroxylation is 1. The normalized spacial score (nSPS) is 12.2. The molecule has 0 radical (unpaired) electrons. The summed E-state index contributed by atoms with van der Waals surface area (Å²) < 4.78 is 4.81. The van der Waals surface area contributed by atoms with E-state index < -0.39 is 6.04 Å². The van der Waals surface area contributed by atoms with Gasteiger partial charge in [-0.05, 0) is 19.8 Å². The summed E-state index contributed by atoms with van der Waals surface area (Å²) in [7, 11) is 3.19. The van der Waals surface area contributed by atoms with Crippen LogP contribution in [0.5, 0.6) is 0 Å². The summed E-state index contributed by atoms with van der Waals surface area (Å²) in [4.78, 5) is 20.4. The molecule has 0 spiro atoms. The van der Waals surface area contributed by atoms with Crippen LogP contribution >= 0.6 is 0 Å². The minimum absolute atomic E-state index is 0.0974. The third kappa shape index (κ3) is 3.56. The summed E-state index contributed by atoms with van der Waals surface area (Å²) in [5.74, 6) is 1.85. The van der Waals surface area contributed by atoms with E-state index in [0.717, 1.165) is 11.4 Å². The maximum Gasteiger partial charge on any atom is 0.328 e. The molecule has 0 bridgehead atoms. The number of carbonyl (C=O) groups is 1. The molecule has 19 heavy (non-hydrogen) atoms. The topological polar surface area (TPSA) is 76.1 Å². The van der Waals surface area contributed by atoms with Crippen LogP contribution in [-0.2, 0) is 9.53 Å². The number of hydrogen-bond acceptors (Lipinski definition) is 6. The molecule has 1 unspecified atom stereocenters. The molecular formula is C13H22N4O2. The fourth-order valence-corrected chi connectivity index (χ4v) is 1.78. The maximum absolute atomic E-state index is 11.8. The lowest BCUT2D eigenvalue weighted by Gasteiger charge is -2.22. The number of methoxy groups -OCH3 is 1. The lowest BCUT2D eigenvalue weighted by atomic mass is 10.0. The van der Waals surface area contributed by atoms with Crippen molar-refractivity contribution in [2.45, 2.75) is 33.7 Å². The number of esters is 1. The molecule has 0 aliphatic rings. The molecule has 0 amide bonds. The van der Waals surface area contributed by atoms with Gasteiger partial charge in [0.15, 0.2) is 0 Å². The second kappa shape index (κ2) is 6.36. The van der Waals surface area contributed by atoms with E-state index in [1.54, 1.807) is 7.05 Å². The first-order chi connectivity index (χ1) is 8.90. The average molecular weight is 266 g/mol. The van der Waals surface area contributed by atoms with E-state index in [0.29, 0.717) is 11.6 Å². The molecule has 1 aromatic heterocycles. The molecule has 0 saturated carbocycles. The Morgan fingerprint density at radius 3 is 2.26 bits per heavy atom. The maximum atomic E-state index is 11.8. The number of carbonyl (C=O) groups excluding carboxylic acids is 1. The van der Waals surface area contributed by atoms with Crippen molar-refractivity contribution in [1.82, 2.24) is 9.97 Å². The van der Waals surface area contributed by atoms with Gasteiger partial charge in [-0.1, -0.05) is 13.8 Å². The van der Waals surface area contributed by atoms with Crippen LogP contribution in [0.15, 0.2) is 0 Å². The molecule has 0 aromatic carbocycles. The van der Waals surface area contributed by atoms with Crippen LogP contribution in [0.2, 0.25) is 0 Å². The number of aromatic nitrogens is 2. The predicted molar refractivity (Wildman–Crippen MR) is 75.3 cm³/mol. The summed E-state index contributed by atoms with van der Waals surface area (Å²) >= 11 is 0. The lowest BCUT2D eigenvalue weighted by Crippen LogP contribution is -2.36. The first-order valence-corrected chi connectivity index (χ1v) is 6.28. The fraction of sp³-hybridized carbons (Fsp3) is 0.615. The summed E-state index contributed by atoms with van der Waals surface area (Å²) in [5.41, 5.74) is 0.877. The van der Waals surface area contributed by atoms with Gasteiger partial charge in [-0.3, -0.25) is 0 Å². The third-order valence-corrected chi connectivity index (χ3v) is 2.91. The van der Waals surface area contributed by atoms with Gasteiger partial charge in [0.2, 0.25) is 0 Å². The van der Waals surface area contributed by atoms with E-state index in [-0.39, 0.29) is 11.9 Å². The van der Waals surface area contributed by atoms with Gasteiger partial charge >= 0.3 is 5.97 Å². The summed E-state index contributed by atoms with van der Waals surface area (Å²) in [6.45, 7) is 7.63. The van der Waals surface area contributed by atoms with Crippen molar-refractivity contribution in [3.63, 3.8) is 0 Å². The average Bonchev–Trinajstić information content (AvgIpc) is 2.37. The van der Waals surface area contributed by atoms with E-state index in [2.05, 4.69) is 20.6 Å². The van der Waals surface area contributed by atoms with Crippen molar-refractivity contribution < 1.29 is 9.53 Å². The van der Waals surface area contributed by atoms with E-state index >= 15 is 0 Å². The molecule has 106 valence electrons. The summed E-state index contributed by atoms with van der Waals surface area (Å²) in [5, 5.41) is 6.16. The molecule has 1 rings (SSSR count). The van der Waals surface area contributed by atoms with Crippen molar-refractivity contribution in [3.05, 3.63) is 11.4 Å². The van der Waals surface area contributed by atoms with Crippen LogP contribution in [0, 0.1) is 19.8 Å². The van der Waals surface area contributed by atoms with Gasteiger partial charge in [0.1, 0.15) is 23.5 Å². The Kier molecular flexibility index (Phi) is 5.09. The highest BCUT2D eigenvalue weighted by Gasteiger charge is 2.24. The standard InChI is InChI=1S/C13H22N4O2/c1-7(2)10(13(18)19-6)17-12-8(3)11(14-5)15-9(4)16-12/h7,10H,1-6H3,(H2,14,15,16,17). The molecule has 1 heterocycles. The van der Waals surface area contributed by atoms with Gasteiger partial charge in [0, 0.05) is 12.6 Å². The second-order valence-electron chi connectivity index (χ2n) is 4.73. The second-order valence-corrected chi connectivity index (χ2v) is 4.73. The van der Waals surface area contributed by atoms with Gasteiger partial charge in [-0.25, -0.2) is 14.8 Å². The number of anilines is 2. The molecular weight excluding hydrogens is 244 g/mol. The van der Waals surface area contributed by atoms with Crippen molar-refractivity contribution in [1.29, 1.82) is 0 Å². The van der Waals surface area contributed by atoms with Crippen LogP contribution in [0.25, 0.3) is 0 Å². The number of rotatable bonds is 5. The van der Waals surface area contributed by atoms with Crippen LogP contribution in [-0.4, -0.2) is 36.1 Å². The van der Waals surface area contributed by atoms with Crippen LogP contribution < -0.4 is 10.6 Å². The van der Waals surface area contributed by atoms with Gasteiger partial charge in [0.25, 0.3) is 0 Å². The Balaban J connectivity index is 3.09. The molecule has 0 aliphatic heterocycles. The minimum Gasteiger partial charge on any atom is -0.467 e. The van der Waals surface area contributed by atoms with Crippen LogP contribution in [0.1, 0.15) is 25.2 Å². The highest BCUT2D eigenvalue weighted by atomic mass is 16.5. The molecule has 0 saturated heterocycles. The minimum atomic E-state index is -0.428. The van der Waals surface area contributed by atoms with E-state index in [1.165, 1.54) is 7.11 Å². The molecule has 6 nitrogen and oxygen atoms in total. The molecule has 1 aromatic rings. The fourth-order valence-electron chi connectivity index (χ4n) is 1.78. The van der Waals surface area contributed by atoms with Crippen molar-refractivity contribution in [2.75, 3.05) is 24.8 Å². The molecule has 6 heteroatoms. The van der Waals surface area contributed by atoms with E-state index in [9.17, 15) is 4.79 Å². The van der Waals surface area contributed by atoms with E-state index in [1.807, 2.05) is 27.7 Å². The van der Waals surface area contributed by atoms with E-state index in [4.69, 9.17) is 4.74 Å². The number of ether oxygens (including phenoxy) is 1. The lowest BCUT2D eigenvalue weighted by molar-refractivity contribution is -0.142. The Hall–Kier alpha value is -1.85. The van der Waals surface area contributed by atoms with Gasteiger partial charge in [-0.15, -0.1) is 0 Å². The van der Waals surface area contributed by atoms with Crippen molar-refractivity contribution in [3.8, 4) is 0 Å². The monoisotopic (exact) mass is 266 g/mol. The Morgan fingerprint density at radius 2 is 1.79 bits per heavy atom. The smallest absolute Gasteiger partial charge is 0.328 e. The molecule has 1 atom stereocenters. The number of hydrogen-bond donors (Lipinski definition) is 2. The Labute approximate surface area is 114 Å². The Bertz CT molecular complexity index is 460. The zero-order valence-electron chi connectivity index (χ0n) is 12.4. The summed E-state index contributed by atoms with van der Waals surface area (Å²) in [6, 6.07) is -0.428.